The number of rotatable bonds is 4. The van der Waals surface area contributed by atoms with Gasteiger partial charge in [-0.3, -0.25) is 4.79 Å². The zero-order valence-electron chi connectivity index (χ0n) is 12.8. The third-order valence-electron chi connectivity index (χ3n) is 3.78. The number of halogens is 1. The van der Waals surface area contributed by atoms with Gasteiger partial charge in [-0.05, 0) is 35.9 Å². The van der Waals surface area contributed by atoms with Gasteiger partial charge >= 0.3 is 5.97 Å². The van der Waals surface area contributed by atoms with Crippen molar-refractivity contribution in [2.24, 2.45) is 0 Å². The topological polar surface area (TPSA) is 68.5 Å². The Labute approximate surface area is 136 Å². The first kappa shape index (κ1) is 15.7. The largest absolute Gasteiger partial charge is 0.497 e. The minimum atomic E-state index is -1.29. The summed E-state index contributed by atoms with van der Waals surface area (Å²) in [5, 5.41) is 9.54. The third kappa shape index (κ3) is 2.86. The fraction of sp³-hybridized carbons (Fsp3) is 0.111. The van der Waals surface area contributed by atoms with Gasteiger partial charge in [0.05, 0.1) is 18.0 Å². The Kier molecular flexibility index (Phi) is 4.04. The van der Waals surface area contributed by atoms with E-state index < -0.39 is 11.4 Å². The second-order valence-corrected chi connectivity index (χ2v) is 5.31. The van der Waals surface area contributed by atoms with Crippen LogP contribution in [0.5, 0.6) is 5.75 Å². The standard InChI is InChI=1S/C18H14FNO4/c1-24-13-6-7-16-14(8-13)17(21)15(18(22)23)10-20(16)9-11-2-4-12(19)5-3-11/h2-8,10H,9H2,1H3,(H,22,23). The molecule has 0 radical (unpaired) electrons. The molecule has 0 aliphatic rings. The summed E-state index contributed by atoms with van der Waals surface area (Å²) in [5.41, 5.74) is 0.480. The molecule has 0 saturated heterocycles. The molecular weight excluding hydrogens is 313 g/mol. The predicted octanol–water partition coefficient (Wildman–Crippen LogP) is 2.90. The lowest BCUT2D eigenvalue weighted by molar-refractivity contribution is 0.0695. The fourth-order valence-corrected chi connectivity index (χ4v) is 2.57. The van der Waals surface area contributed by atoms with Crippen LogP contribution in [0, 0.1) is 5.82 Å². The van der Waals surface area contributed by atoms with Crippen molar-refractivity contribution < 1.29 is 19.0 Å². The molecule has 0 atom stereocenters. The Morgan fingerprint density at radius 1 is 1.21 bits per heavy atom. The normalized spacial score (nSPS) is 10.8. The number of pyridine rings is 1. The van der Waals surface area contributed by atoms with Gasteiger partial charge in [-0.2, -0.15) is 0 Å². The molecule has 3 rings (SSSR count). The van der Waals surface area contributed by atoms with E-state index in [1.165, 1.54) is 31.5 Å². The Hall–Kier alpha value is -3.15. The highest BCUT2D eigenvalue weighted by atomic mass is 19.1. The molecule has 0 spiro atoms. The van der Waals surface area contributed by atoms with Gasteiger partial charge < -0.3 is 14.4 Å². The first-order chi connectivity index (χ1) is 11.5. The van der Waals surface area contributed by atoms with E-state index >= 15 is 0 Å². The van der Waals surface area contributed by atoms with Crippen molar-refractivity contribution in [1.82, 2.24) is 4.57 Å². The Morgan fingerprint density at radius 3 is 2.54 bits per heavy atom. The zero-order chi connectivity index (χ0) is 17.3. The second kappa shape index (κ2) is 6.16. The van der Waals surface area contributed by atoms with Gasteiger partial charge in [-0.15, -0.1) is 0 Å². The summed E-state index contributed by atoms with van der Waals surface area (Å²) in [6, 6.07) is 10.8. The number of methoxy groups -OCH3 is 1. The highest BCUT2D eigenvalue weighted by molar-refractivity contribution is 5.93. The van der Waals surface area contributed by atoms with Gasteiger partial charge in [-0.1, -0.05) is 12.1 Å². The monoisotopic (exact) mass is 327 g/mol. The lowest BCUT2D eigenvalue weighted by Gasteiger charge is -2.13. The number of ether oxygens (including phenoxy) is 1. The van der Waals surface area contributed by atoms with Crippen LogP contribution in [0.25, 0.3) is 10.9 Å². The van der Waals surface area contributed by atoms with E-state index in [1.807, 2.05) is 0 Å². The highest BCUT2D eigenvalue weighted by Crippen LogP contribution is 2.20. The third-order valence-corrected chi connectivity index (χ3v) is 3.78. The first-order valence-electron chi connectivity index (χ1n) is 7.18. The van der Waals surface area contributed by atoms with E-state index in [4.69, 9.17) is 4.74 Å². The maximum atomic E-state index is 13.0. The van der Waals surface area contributed by atoms with Crippen LogP contribution in [0.1, 0.15) is 15.9 Å². The maximum Gasteiger partial charge on any atom is 0.341 e. The number of carboxylic acid groups (broad SMARTS) is 1. The van der Waals surface area contributed by atoms with Crippen LogP contribution in [0.4, 0.5) is 4.39 Å². The number of nitrogens with zero attached hydrogens (tertiary/aromatic N) is 1. The van der Waals surface area contributed by atoms with Crippen LogP contribution < -0.4 is 10.2 Å². The van der Waals surface area contributed by atoms with Gasteiger partial charge in [0, 0.05) is 12.7 Å². The molecule has 5 nitrogen and oxygen atoms in total. The number of hydrogen-bond acceptors (Lipinski definition) is 3. The number of aromatic carboxylic acids is 1. The molecule has 0 fully saturated rings. The quantitative estimate of drug-likeness (QED) is 0.800. The summed E-state index contributed by atoms with van der Waals surface area (Å²) >= 11 is 0. The predicted molar refractivity (Wildman–Crippen MR) is 87.2 cm³/mol. The minimum absolute atomic E-state index is 0.261. The van der Waals surface area contributed by atoms with Crippen LogP contribution in [0.15, 0.2) is 53.5 Å². The summed E-state index contributed by atoms with van der Waals surface area (Å²) in [7, 11) is 1.47. The molecule has 0 saturated carbocycles. The smallest absolute Gasteiger partial charge is 0.341 e. The van der Waals surface area contributed by atoms with Crippen molar-refractivity contribution in [2.45, 2.75) is 6.54 Å². The Bertz CT molecular complexity index is 977. The van der Waals surface area contributed by atoms with Crippen molar-refractivity contribution in [3.05, 3.63) is 75.8 Å². The van der Waals surface area contributed by atoms with Crippen LogP contribution in [0.2, 0.25) is 0 Å². The van der Waals surface area contributed by atoms with Gasteiger partial charge in [0.2, 0.25) is 5.43 Å². The van der Waals surface area contributed by atoms with Crippen molar-refractivity contribution >= 4 is 16.9 Å². The fourth-order valence-electron chi connectivity index (χ4n) is 2.57. The molecule has 0 amide bonds. The second-order valence-electron chi connectivity index (χ2n) is 5.31. The molecule has 0 unspecified atom stereocenters. The molecule has 122 valence electrons. The van der Waals surface area contributed by atoms with E-state index in [-0.39, 0.29) is 16.8 Å². The van der Waals surface area contributed by atoms with E-state index in [2.05, 4.69) is 0 Å². The molecule has 2 aromatic carbocycles. The number of carboxylic acids is 1. The molecule has 6 heteroatoms. The summed E-state index contributed by atoms with van der Waals surface area (Å²) in [4.78, 5) is 23.8. The van der Waals surface area contributed by atoms with E-state index in [0.29, 0.717) is 17.8 Å². The van der Waals surface area contributed by atoms with E-state index in [0.717, 1.165) is 5.56 Å². The molecule has 1 aromatic heterocycles. The minimum Gasteiger partial charge on any atom is -0.497 e. The number of aromatic nitrogens is 1. The lowest BCUT2D eigenvalue weighted by Crippen LogP contribution is -2.19. The first-order valence-corrected chi connectivity index (χ1v) is 7.18. The summed E-state index contributed by atoms with van der Waals surface area (Å²) in [6.45, 7) is 0.309. The van der Waals surface area contributed by atoms with E-state index in [9.17, 15) is 19.1 Å². The Morgan fingerprint density at radius 2 is 1.92 bits per heavy atom. The highest BCUT2D eigenvalue weighted by Gasteiger charge is 2.15. The molecule has 0 aliphatic heterocycles. The van der Waals surface area contributed by atoms with Crippen LogP contribution in [-0.2, 0) is 6.54 Å². The van der Waals surface area contributed by atoms with Gasteiger partial charge in [0.15, 0.2) is 0 Å². The van der Waals surface area contributed by atoms with Gasteiger partial charge in [0.25, 0.3) is 0 Å². The summed E-state index contributed by atoms with van der Waals surface area (Å²) in [5.74, 6) is -1.17. The van der Waals surface area contributed by atoms with Gasteiger partial charge in [-0.25, -0.2) is 9.18 Å². The summed E-state index contributed by atoms with van der Waals surface area (Å²) in [6.07, 6.45) is 1.31. The zero-order valence-corrected chi connectivity index (χ0v) is 12.8. The number of fused-ring (bicyclic) bond motifs is 1. The molecule has 0 bridgehead atoms. The summed E-state index contributed by atoms with van der Waals surface area (Å²) < 4.78 is 19.8. The lowest BCUT2D eigenvalue weighted by atomic mass is 10.1. The molecule has 3 aromatic rings. The van der Waals surface area contributed by atoms with Crippen molar-refractivity contribution in [3.63, 3.8) is 0 Å². The van der Waals surface area contributed by atoms with Crippen molar-refractivity contribution in [1.29, 1.82) is 0 Å². The molecule has 0 aliphatic carbocycles. The molecule has 24 heavy (non-hydrogen) atoms. The Balaban J connectivity index is 2.22. The molecule has 1 N–H and O–H groups in total. The van der Waals surface area contributed by atoms with Crippen LogP contribution in [-0.4, -0.2) is 22.8 Å². The maximum absolute atomic E-state index is 13.0. The number of benzene rings is 2. The van der Waals surface area contributed by atoms with Gasteiger partial charge in [0.1, 0.15) is 17.1 Å². The number of carbonyl (C=O) groups is 1. The SMILES string of the molecule is COc1ccc2c(c1)c(=O)c(C(=O)O)cn2Cc1ccc(F)cc1. The van der Waals surface area contributed by atoms with E-state index in [1.54, 1.807) is 28.8 Å². The molecule has 1 heterocycles. The average molecular weight is 327 g/mol. The van der Waals surface area contributed by atoms with Crippen LogP contribution >= 0.6 is 0 Å². The molecular formula is C18H14FNO4. The van der Waals surface area contributed by atoms with Crippen molar-refractivity contribution in [2.75, 3.05) is 7.11 Å². The number of hydrogen-bond donors (Lipinski definition) is 1. The van der Waals surface area contributed by atoms with Crippen molar-refractivity contribution in [3.8, 4) is 5.75 Å². The van der Waals surface area contributed by atoms with Crippen LogP contribution in [0.3, 0.4) is 0 Å². The average Bonchev–Trinajstić information content (AvgIpc) is 2.58.